The first-order valence-electron chi connectivity index (χ1n) is 4.04. The number of carbonyl (C=O) groups excluding carboxylic acids is 1. The van der Waals surface area contributed by atoms with Crippen LogP contribution < -0.4 is 57.1 Å². The Kier molecular flexibility index (Phi) is 6.49. The van der Waals surface area contributed by atoms with Crippen LogP contribution in [0.2, 0.25) is 0 Å². The SMILES string of the molecule is NC(=O)c1ncccc1/C=C/[B-](F)(F)F.[K+]. The van der Waals surface area contributed by atoms with Crippen molar-refractivity contribution in [1.82, 2.24) is 4.98 Å². The number of halogens is 3. The number of pyridine rings is 1. The maximum absolute atomic E-state index is 11.9. The summed E-state index contributed by atoms with van der Waals surface area (Å²) in [6, 6.07) is 2.76. The van der Waals surface area contributed by atoms with Crippen LogP contribution in [-0.4, -0.2) is 17.9 Å². The maximum atomic E-state index is 11.9. The second-order valence-electron chi connectivity index (χ2n) is 2.79. The number of rotatable bonds is 3. The Balaban J connectivity index is 0.00000225. The third-order valence-electron chi connectivity index (χ3n) is 1.57. The third-order valence-corrected chi connectivity index (χ3v) is 1.57. The summed E-state index contributed by atoms with van der Waals surface area (Å²) in [6.07, 6.45) is 2.07. The second kappa shape index (κ2) is 6.55. The molecule has 0 aliphatic heterocycles. The van der Waals surface area contributed by atoms with Crippen LogP contribution in [0.1, 0.15) is 16.1 Å². The van der Waals surface area contributed by atoms with Crippen molar-refractivity contribution in [2.75, 3.05) is 0 Å². The molecule has 1 rings (SSSR count). The molecule has 3 nitrogen and oxygen atoms in total. The molecule has 0 saturated heterocycles. The minimum absolute atomic E-state index is 0. The van der Waals surface area contributed by atoms with Crippen molar-refractivity contribution in [2.45, 2.75) is 0 Å². The molecule has 0 radical (unpaired) electrons. The number of amides is 1. The summed E-state index contributed by atoms with van der Waals surface area (Å²) in [7, 11) is 0. The minimum atomic E-state index is -5.03. The Bertz CT molecular complexity index is 409. The first-order valence-corrected chi connectivity index (χ1v) is 4.04. The predicted molar refractivity (Wildman–Crippen MR) is 50.9 cm³/mol. The zero-order chi connectivity index (χ0) is 11.5. The van der Waals surface area contributed by atoms with Gasteiger partial charge >= 0.3 is 58.4 Å². The number of nitrogens with two attached hydrogens (primary N) is 1. The molecule has 0 fully saturated rings. The Hall–Kier alpha value is -0.149. The first kappa shape index (κ1) is 15.9. The predicted octanol–water partition coefficient (Wildman–Crippen LogP) is -1.42. The van der Waals surface area contributed by atoms with Gasteiger partial charge in [-0.2, -0.15) is 0 Å². The van der Waals surface area contributed by atoms with Crippen LogP contribution in [0.15, 0.2) is 24.3 Å². The average Bonchev–Trinajstić information content (AvgIpc) is 2.14. The molecule has 0 atom stereocenters. The van der Waals surface area contributed by atoms with E-state index >= 15 is 0 Å². The molecule has 1 amide bonds. The summed E-state index contributed by atoms with van der Waals surface area (Å²) < 4.78 is 35.7. The van der Waals surface area contributed by atoms with E-state index < -0.39 is 12.9 Å². The Morgan fingerprint density at radius 1 is 1.44 bits per heavy atom. The fourth-order valence-corrected chi connectivity index (χ4v) is 0.971. The van der Waals surface area contributed by atoms with Gasteiger partial charge in [0, 0.05) is 11.8 Å². The summed E-state index contributed by atoms with van der Waals surface area (Å²) in [4.78, 5) is 14.4. The van der Waals surface area contributed by atoms with E-state index in [4.69, 9.17) is 5.73 Å². The van der Waals surface area contributed by atoms with E-state index in [9.17, 15) is 17.7 Å². The molecule has 0 aliphatic carbocycles. The largest absolute Gasteiger partial charge is 1.00 e. The van der Waals surface area contributed by atoms with Gasteiger partial charge in [0.05, 0.1) is 0 Å². The van der Waals surface area contributed by atoms with E-state index in [2.05, 4.69) is 4.98 Å². The quantitative estimate of drug-likeness (QED) is 0.673. The fraction of sp³-hybridized carbons (Fsp3) is 0. The molecule has 0 spiro atoms. The van der Waals surface area contributed by atoms with E-state index in [0.29, 0.717) is 0 Å². The van der Waals surface area contributed by atoms with Crippen molar-refractivity contribution in [3.8, 4) is 0 Å². The third kappa shape index (κ3) is 5.26. The maximum Gasteiger partial charge on any atom is 1.00 e. The van der Waals surface area contributed by atoms with Gasteiger partial charge in [-0.3, -0.25) is 9.78 Å². The molecule has 2 N–H and O–H groups in total. The topological polar surface area (TPSA) is 56.0 Å². The van der Waals surface area contributed by atoms with Crippen LogP contribution in [0.25, 0.3) is 6.08 Å². The normalized spacial score (nSPS) is 11.2. The van der Waals surface area contributed by atoms with Crippen molar-refractivity contribution < 1.29 is 69.1 Å². The van der Waals surface area contributed by atoms with E-state index in [-0.39, 0.29) is 68.6 Å². The van der Waals surface area contributed by atoms with Crippen LogP contribution in [0.4, 0.5) is 12.9 Å². The van der Waals surface area contributed by atoms with Crippen molar-refractivity contribution in [3.05, 3.63) is 35.6 Å². The van der Waals surface area contributed by atoms with Crippen LogP contribution in [0.5, 0.6) is 0 Å². The van der Waals surface area contributed by atoms with E-state index in [1.165, 1.54) is 18.3 Å². The monoisotopic (exact) mass is 254 g/mol. The minimum Gasteiger partial charge on any atom is -0.445 e. The van der Waals surface area contributed by atoms with Crippen molar-refractivity contribution in [2.24, 2.45) is 5.73 Å². The van der Waals surface area contributed by atoms with Gasteiger partial charge in [0.15, 0.2) is 0 Å². The molecule has 0 unspecified atom stereocenters. The van der Waals surface area contributed by atoms with Gasteiger partial charge in [-0.15, -0.1) is 5.98 Å². The molecular formula is C8H7BF3KN2O. The zero-order valence-corrected chi connectivity index (χ0v) is 11.7. The molecule has 16 heavy (non-hydrogen) atoms. The van der Waals surface area contributed by atoms with Crippen molar-refractivity contribution >= 4 is 19.0 Å². The zero-order valence-electron chi connectivity index (χ0n) is 8.53. The molecule has 1 heterocycles. The van der Waals surface area contributed by atoms with Crippen molar-refractivity contribution in [3.63, 3.8) is 0 Å². The molecule has 0 saturated carbocycles. The summed E-state index contributed by atoms with van der Waals surface area (Å²) in [5, 5.41) is 0. The van der Waals surface area contributed by atoms with Gasteiger partial charge in [-0.05, 0) is 6.07 Å². The standard InChI is InChI=1S/C8H7BF3N2O.K/c10-9(11,12)4-3-6-2-1-5-14-7(6)8(13)15;/h1-5H,(H2,13,15);/q-1;+1/b4-3+;. The molecule has 1 aromatic rings. The first-order chi connectivity index (χ1) is 6.90. The molecular weight excluding hydrogens is 247 g/mol. The average molecular weight is 254 g/mol. The Labute approximate surface area is 133 Å². The number of primary amides is 1. The molecule has 1 aromatic heterocycles. The molecule has 0 aliphatic rings. The van der Waals surface area contributed by atoms with Gasteiger partial charge in [-0.25, -0.2) is 0 Å². The fourth-order valence-electron chi connectivity index (χ4n) is 0.971. The molecule has 0 bridgehead atoms. The van der Waals surface area contributed by atoms with Gasteiger partial charge < -0.3 is 18.7 Å². The van der Waals surface area contributed by atoms with Gasteiger partial charge in [-0.1, -0.05) is 12.1 Å². The van der Waals surface area contributed by atoms with E-state index in [0.717, 1.165) is 6.08 Å². The number of hydrogen-bond donors (Lipinski definition) is 1. The van der Waals surface area contributed by atoms with Crippen LogP contribution in [0.3, 0.4) is 0 Å². The Morgan fingerprint density at radius 3 is 2.56 bits per heavy atom. The number of nitrogens with zero attached hydrogens (tertiary/aromatic N) is 1. The van der Waals surface area contributed by atoms with Crippen LogP contribution in [0, 0.1) is 0 Å². The molecule has 8 heteroatoms. The number of hydrogen-bond acceptors (Lipinski definition) is 2. The molecule has 0 aromatic carbocycles. The van der Waals surface area contributed by atoms with Gasteiger partial charge in [0.2, 0.25) is 0 Å². The summed E-state index contributed by atoms with van der Waals surface area (Å²) in [5.74, 6) is -0.770. The van der Waals surface area contributed by atoms with E-state index in [1.807, 2.05) is 0 Å². The van der Waals surface area contributed by atoms with Crippen LogP contribution in [-0.2, 0) is 0 Å². The van der Waals surface area contributed by atoms with Crippen LogP contribution >= 0.6 is 0 Å². The summed E-state index contributed by atoms with van der Waals surface area (Å²) in [6.45, 7) is -5.03. The van der Waals surface area contributed by atoms with Crippen molar-refractivity contribution in [1.29, 1.82) is 0 Å². The summed E-state index contributed by atoms with van der Waals surface area (Å²) in [5.41, 5.74) is 4.83. The second-order valence-corrected chi connectivity index (χ2v) is 2.79. The smallest absolute Gasteiger partial charge is 0.445 e. The molecule has 80 valence electrons. The van der Waals surface area contributed by atoms with Gasteiger partial charge in [0.1, 0.15) is 5.69 Å². The Morgan fingerprint density at radius 2 is 2.06 bits per heavy atom. The number of carbonyl (C=O) groups is 1. The number of aromatic nitrogens is 1. The summed E-state index contributed by atoms with van der Waals surface area (Å²) >= 11 is 0. The van der Waals surface area contributed by atoms with E-state index in [1.54, 1.807) is 0 Å². The van der Waals surface area contributed by atoms with Gasteiger partial charge in [0.25, 0.3) is 5.91 Å².